The molecule has 10 heavy (non-hydrogen) atoms. The van der Waals surface area contributed by atoms with Crippen LogP contribution in [-0.2, 0) is 4.79 Å². The van der Waals surface area contributed by atoms with Crippen molar-refractivity contribution in [2.24, 2.45) is 9.98 Å². The van der Waals surface area contributed by atoms with Crippen LogP contribution in [0, 0.1) is 0 Å². The number of hydrogen-bond acceptors (Lipinski definition) is 3. The second-order valence-corrected chi connectivity index (χ2v) is 2.26. The van der Waals surface area contributed by atoms with Gasteiger partial charge in [0.05, 0.1) is 12.1 Å². The highest BCUT2D eigenvalue weighted by atomic mass is 35.5. The molecule has 0 saturated heterocycles. The molecule has 1 rings (SSSR count). The van der Waals surface area contributed by atoms with Gasteiger partial charge in [0.25, 0.3) is 0 Å². The normalized spacial score (nSPS) is 17.6. The van der Waals surface area contributed by atoms with E-state index in [2.05, 4.69) is 9.98 Å². The highest BCUT2D eigenvalue weighted by molar-refractivity contribution is 6.75. The van der Waals surface area contributed by atoms with Gasteiger partial charge in [0.15, 0.2) is 0 Å². The fourth-order valence-electron chi connectivity index (χ4n) is 0.468. The molecular weight excluding hydrogens is 175 g/mol. The zero-order chi connectivity index (χ0) is 7.56. The molecule has 0 unspecified atom stereocenters. The summed E-state index contributed by atoms with van der Waals surface area (Å²) in [5.74, 6) is 1.61. The Balaban J connectivity index is 2.99. The number of carbonyl (C=O) groups excluding carboxylic acids is 1. The van der Waals surface area contributed by atoms with Gasteiger partial charge in [-0.15, -0.1) is 0 Å². The van der Waals surface area contributed by atoms with E-state index in [4.69, 9.17) is 23.2 Å². The lowest BCUT2D eigenvalue weighted by Crippen LogP contribution is -2.07. The Morgan fingerprint density at radius 2 is 2.20 bits per heavy atom. The highest BCUT2D eigenvalue weighted by Gasteiger charge is 2.10. The quantitative estimate of drug-likeness (QED) is 0.401. The third kappa shape index (κ3) is 1.45. The third-order valence-corrected chi connectivity index (χ3v) is 1.45. The molecule has 1 aliphatic rings. The zero-order valence-corrected chi connectivity index (χ0v) is 6.28. The minimum Gasteiger partial charge on any atom is -0.250 e. The summed E-state index contributed by atoms with van der Waals surface area (Å²) < 4.78 is 0. The average Bonchev–Trinajstić information content (AvgIpc) is 1.88. The van der Waals surface area contributed by atoms with Crippen molar-refractivity contribution in [1.29, 1.82) is 0 Å². The maximum Gasteiger partial charge on any atom is 0.219 e. The summed E-state index contributed by atoms with van der Waals surface area (Å²) in [7, 11) is 0. The molecule has 0 atom stereocenters. The first kappa shape index (κ1) is 7.48. The molecule has 0 aromatic heterocycles. The molecule has 5 heteroatoms. The lowest BCUT2D eigenvalue weighted by Gasteiger charge is -2.01. The Hall–Kier alpha value is -0.630. The first-order valence-corrected chi connectivity index (χ1v) is 3.18. The zero-order valence-electron chi connectivity index (χ0n) is 4.77. The Morgan fingerprint density at radius 3 is 2.70 bits per heavy atom. The van der Waals surface area contributed by atoms with Crippen LogP contribution in [0.15, 0.2) is 15.6 Å². The predicted octanol–water partition coefficient (Wildman–Crippen LogP) is 0.990. The third-order valence-electron chi connectivity index (χ3n) is 0.930. The van der Waals surface area contributed by atoms with Crippen LogP contribution < -0.4 is 0 Å². The fourth-order valence-corrected chi connectivity index (χ4v) is 0.834. The number of rotatable bonds is 0. The highest BCUT2D eigenvalue weighted by Crippen LogP contribution is 2.08. The van der Waals surface area contributed by atoms with Gasteiger partial charge in [0.2, 0.25) is 5.29 Å². The standard InChI is InChI=1S/C5H2Cl2N2O/c6-4-3(2-10)1-8-5(7)9-4/h1H2. The Labute approximate surface area is 67.1 Å². The van der Waals surface area contributed by atoms with Crippen molar-refractivity contribution in [3.63, 3.8) is 0 Å². The molecule has 1 heterocycles. The SMILES string of the molecule is O=C=C1CN=C(Cl)N=C1Cl. The van der Waals surface area contributed by atoms with Crippen molar-refractivity contribution in [2.45, 2.75) is 0 Å². The number of halogens is 2. The van der Waals surface area contributed by atoms with Crippen LogP contribution >= 0.6 is 23.2 Å². The second kappa shape index (κ2) is 2.97. The lowest BCUT2D eigenvalue weighted by molar-refractivity contribution is 0.567. The van der Waals surface area contributed by atoms with Gasteiger partial charge in [0, 0.05) is 0 Å². The Kier molecular flexibility index (Phi) is 2.22. The van der Waals surface area contributed by atoms with Crippen molar-refractivity contribution in [2.75, 3.05) is 6.54 Å². The number of aliphatic imine (C=N–C) groups is 2. The topological polar surface area (TPSA) is 41.8 Å². The summed E-state index contributed by atoms with van der Waals surface area (Å²) in [5.41, 5.74) is 0.242. The molecular formula is C5H2Cl2N2O. The van der Waals surface area contributed by atoms with Crippen molar-refractivity contribution < 1.29 is 4.79 Å². The van der Waals surface area contributed by atoms with E-state index >= 15 is 0 Å². The van der Waals surface area contributed by atoms with E-state index < -0.39 is 0 Å². The number of nitrogens with zero attached hydrogens (tertiary/aromatic N) is 2. The Bertz CT molecular complexity index is 263. The van der Waals surface area contributed by atoms with Gasteiger partial charge in [-0.05, 0) is 11.6 Å². The molecule has 0 radical (unpaired) electrons. The minimum atomic E-state index is 0.0731. The second-order valence-electron chi connectivity index (χ2n) is 1.57. The maximum absolute atomic E-state index is 10.0. The van der Waals surface area contributed by atoms with Crippen LogP contribution in [0.4, 0.5) is 0 Å². The first-order valence-electron chi connectivity index (χ1n) is 2.42. The lowest BCUT2D eigenvalue weighted by atomic mass is 10.3. The van der Waals surface area contributed by atoms with Gasteiger partial charge in [0.1, 0.15) is 11.1 Å². The summed E-state index contributed by atoms with van der Waals surface area (Å²) in [5, 5.41) is 0.152. The molecule has 0 fully saturated rings. The molecule has 0 spiro atoms. The molecule has 3 nitrogen and oxygen atoms in total. The summed E-state index contributed by atoms with van der Waals surface area (Å²) in [4.78, 5) is 17.2. The van der Waals surface area contributed by atoms with E-state index in [9.17, 15) is 4.79 Å². The van der Waals surface area contributed by atoms with Gasteiger partial charge >= 0.3 is 0 Å². The summed E-state index contributed by atoms with van der Waals surface area (Å²) in [6, 6.07) is 0. The molecule has 0 aliphatic carbocycles. The number of amidine groups is 1. The van der Waals surface area contributed by atoms with Crippen molar-refractivity contribution in [3.05, 3.63) is 5.57 Å². The summed E-state index contributed by atoms with van der Waals surface area (Å²) >= 11 is 10.8. The van der Waals surface area contributed by atoms with Crippen LogP contribution in [-0.4, -0.2) is 23.0 Å². The monoisotopic (exact) mass is 176 g/mol. The van der Waals surface area contributed by atoms with Gasteiger partial charge in [-0.3, -0.25) is 4.99 Å². The van der Waals surface area contributed by atoms with E-state index in [1.54, 1.807) is 5.94 Å². The van der Waals surface area contributed by atoms with Crippen molar-refractivity contribution >= 4 is 39.6 Å². The molecule has 0 aromatic carbocycles. The molecule has 0 amide bonds. The van der Waals surface area contributed by atoms with Crippen LogP contribution in [0.3, 0.4) is 0 Å². The molecule has 0 saturated carbocycles. The maximum atomic E-state index is 10.0. The van der Waals surface area contributed by atoms with Crippen LogP contribution in [0.1, 0.15) is 0 Å². The van der Waals surface area contributed by atoms with E-state index in [1.165, 1.54) is 0 Å². The minimum absolute atomic E-state index is 0.0731. The largest absolute Gasteiger partial charge is 0.250 e. The fraction of sp³-hybridized carbons (Fsp3) is 0.200. The van der Waals surface area contributed by atoms with Crippen LogP contribution in [0.2, 0.25) is 0 Å². The van der Waals surface area contributed by atoms with Gasteiger partial charge in [-0.25, -0.2) is 9.79 Å². The average molecular weight is 177 g/mol. The summed E-state index contributed by atoms with van der Waals surface area (Å²) in [6.45, 7) is 0.171. The molecule has 0 N–H and O–H groups in total. The predicted molar refractivity (Wildman–Crippen MR) is 40.6 cm³/mol. The number of hydrogen-bond donors (Lipinski definition) is 0. The van der Waals surface area contributed by atoms with Gasteiger partial charge in [-0.1, -0.05) is 11.6 Å². The van der Waals surface area contributed by atoms with Crippen molar-refractivity contribution in [3.8, 4) is 0 Å². The van der Waals surface area contributed by atoms with Crippen LogP contribution in [0.25, 0.3) is 0 Å². The van der Waals surface area contributed by atoms with E-state index in [-0.39, 0.29) is 22.6 Å². The smallest absolute Gasteiger partial charge is 0.219 e. The molecule has 1 aliphatic heterocycles. The van der Waals surface area contributed by atoms with E-state index in [1.807, 2.05) is 0 Å². The van der Waals surface area contributed by atoms with Gasteiger partial charge < -0.3 is 0 Å². The molecule has 0 aromatic rings. The van der Waals surface area contributed by atoms with E-state index in [0.29, 0.717) is 0 Å². The van der Waals surface area contributed by atoms with E-state index in [0.717, 1.165) is 0 Å². The summed E-state index contributed by atoms with van der Waals surface area (Å²) in [6.07, 6.45) is 0. The van der Waals surface area contributed by atoms with Crippen molar-refractivity contribution in [1.82, 2.24) is 0 Å². The van der Waals surface area contributed by atoms with Gasteiger partial charge in [-0.2, -0.15) is 0 Å². The molecule has 0 bridgehead atoms. The van der Waals surface area contributed by atoms with Crippen LogP contribution in [0.5, 0.6) is 0 Å². The molecule has 52 valence electrons. The Morgan fingerprint density at radius 1 is 1.50 bits per heavy atom. The first-order chi connectivity index (χ1) is 4.74.